The lowest BCUT2D eigenvalue weighted by Gasteiger charge is -2.19. The van der Waals surface area contributed by atoms with Crippen molar-refractivity contribution in [2.75, 3.05) is 0 Å². The second kappa shape index (κ2) is 7.23. The molecule has 0 fully saturated rings. The average Bonchev–Trinajstić information content (AvgIpc) is 2.52. The maximum absolute atomic E-state index is 14.2. The smallest absolute Gasteiger partial charge is 0.425 e. The molecule has 5 nitrogen and oxygen atoms in total. The number of fused-ring (bicyclic) bond motifs is 1. The number of alkyl halides is 3. The van der Waals surface area contributed by atoms with E-state index in [-0.39, 0.29) is 28.5 Å². The first-order valence-electron chi connectivity index (χ1n) is 8.15. The number of hydrogen-bond donors (Lipinski definition) is 0. The lowest BCUT2D eigenvalue weighted by atomic mass is 9.97. The summed E-state index contributed by atoms with van der Waals surface area (Å²) in [6, 6.07) is 4.14. The Morgan fingerprint density at radius 3 is 2.21 bits per heavy atom. The van der Waals surface area contributed by atoms with E-state index in [2.05, 4.69) is 4.18 Å². The van der Waals surface area contributed by atoms with Gasteiger partial charge in [-0.15, -0.1) is 0 Å². The number of hydrogen-bond acceptors (Lipinski definition) is 5. The number of rotatable bonds is 4. The van der Waals surface area contributed by atoms with E-state index < -0.39 is 38.6 Å². The van der Waals surface area contributed by atoms with Gasteiger partial charge >= 0.3 is 21.6 Å². The van der Waals surface area contributed by atoms with Crippen LogP contribution in [0.2, 0.25) is 0 Å². The van der Waals surface area contributed by atoms with Crippen molar-refractivity contribution in [2.24, 2.45) is 5.41 Å². The minimum Gasteiger partial charge on any atom is -0.425 e. The van der Waals surface area contributed by atoms with E-state index in [0.29, 0.717) is 0 Å². The molecule has 0 N–H and O–H groups in total. The van der Waals surface area contributed by atoms with Gasteiger partial charge in [0.25, 0.3) is 0 Å². The first-order chi connectivity index (χ1) is 12.7. The van der Waals surface area contributed by atoms with E-state index in [1.807, 2.05) is 0 Å². The third kappa shape index (κ3) is 4.37. The molecule has 2 aromatic rings. The number of esters is 1. The lowest BCUT2D eigenvalue weighted by molar-refractivity contribution is -0.142. The largest absolute Gasteiger partial charge is 0.534 e. The molecule has 0 radical (unpaired) electrons. The average molecular weight is 422 g/mol. The first kappa shape index (κ1) is 21.9. The van der Waals surface area contributed by atoms with Gasteiger partial charge in [-0.3, -0.25) is 4.79 Å². The highest BCUT2D eigenvalue weighted by Crippen LogP contribution is 2.38. The Labute approximate surface area is 159 Å². The summed E-state index contributed by atoms with van der Waals surface area (Å²) in [5, 5.41) is 0.307. The van der Waals surface area contributed by atoms with Gasteiger partial charge in [-0.05, 0) is 50.3 Å². The molecule has 154 valence electrons. The molecular formula is C18H18F4O5S. The van der Waals surface area contributed by atoms with E-state index in [1.54, 1.807) is 27.7 Å². The van der Waals surface area contributed by atoms with Crippen LogP contribution in [0.15, 0.2) is 24.3 Å². The van der Waals surface area contributed by atoms with Gasteiger partial charge < -0.3 is 8.92 Å². The summed E-state index contributed by atoms with van der Waals surface area (Å²) < 4.78 is 84.1. The van der Waals surface area contributed by atoms with Gasteiger partial charge in [0.2, 0.25) is 0 Å². The summed E-state index contributed by atoms with van der Waals surface area (Å²) in [5.41, 5.74) is -6.44. The fourth-order valence-electron chi connectivity index (χ4n) is 2.35. The zero-order chi connectivity index (χ0) is 21.5. The molecule has 2 aromatic carbocycles. The van der Waals surface area contributed by atoms with Crippen molar-refractivity contribution >= 4 is 26.9 Å². The summed E-state index contributed by atoms with van der Waals surface area (Å²) in [4.78, 5) is 12.3. The van der Waals surface area contributed by atoms with Gasteiger partial charge in [0, 0.05) is 11.5 Å². The van der Waals surface area contributed by atoms with E-state index >= 15 is 0 Å². The van der Waals surface area contributed by atoms with Gasteiger partial charge in [0.05, 0.1) is 5.41 Å². The van der Waals surface area contributed by atoms with Crippen LogP contribution in [0.5, 0.6) is 11.5 Å². The van der Waals surface area contributed by atoms with Crippen molar-refractivity contribution in [1.29, 1.82) is 0 Å². The second-order valence-corrected chi connectivity index (χ2v) is 8.56. The van der Waals surface area contributed by atoms with Crippen molar-refractivity contribution in [3.8, 4) is 11.5 Å². The molecule has 0 aromatic heterocycles. The summed E-state index contributed by atoms with van der Waals surface area (Å²) >= 11 is 0. The second-order valence-electron chi connectivity index (χ2n) is 7.02. The van der Waals surface area contributed by atoms with Crippen molar-refractivity contribution in [2.45, 2.75) is 39.6 Å². The minimum absolute atomic E-state index is 0.150. The Morgan fingerprint density at radius 1 is 1.11 bits per heavy atom. The van der Waals surface area contributed by atoms with Crippen LogP contribution in [0.1, 0.15) is 33.3 Å². The van der Waals surface area contributed by atoms with Gasteiger partial charge in [-0.2, -0.15) is 21.6 Å². The number of carbonyl (C=O) groups is 1. The Balaban J connectivity index is 2.71. The van der Waals surface area contributed by atoms with Gasteiger partial charge in [-0.1, -0.05) is 13.0 Å². The van der Waals surface area contributed by atoms with Crippen LogP contribution in [-0.2, 0) is 21.3 Å². The van der Waals surface area contributed by atoms with Crippen molar-refractivity contribution < 1.29 is 39.7 Å². The molecular weight excluding hydrogens is 404 g/mol. The molecule has 0 spiro atoms. The summed E-state index contributed by atoms with van der Waals surface area (Å²) in [6.45, 7) is 6.29. The van der Waals surface area contributed by atoms with Crippen molar-refractivity contribution in [3.05, 3.63) is 35.6 Å². The van der Waals surface area contributed by atoms with Crippen molar-refractivity contribution in [3.63, 3.8) is 0 Å². The minimum atomic E-state index is -5.93. The van der Waals surface area contributed by atoms with Gasteiger partial charge in [-0.25, -0.2) is 4.39 Å². The van der Waals surface area contributed by atoms with E-state index in [0.717, 1.165) is 18.2 Å². The Bertz CT molecular complexity index is 1020. The molecule has 0 aliphatic heterocycles. The molecule has 0 amide bonds. The molecule has 10 heteroatoms. The zero-order valence-corrected chi connectivity index (χ0v) is 16.3. The van der Waals surface area contributed by atoms with E-state index in [9.17, 15) is 30.8 Å². The number of halogens is 4. The maximum atomic E-state index is 14.2. The van der Waals surface area contributed by atoms with Crippen LogP contribution in [0, 0.1) is 11.2 Å². The molecule has 28 heavy (non-hydrogen) atoms. The molecule has 0 atom stereocenters. The molecule has 0 heterocycles. The molecule has 0 unspecified atom stereocenters. The highest BCUT2D eigenvalue weighted by atomic mass is 32.2. The number of aryl methyl sites for hydroxylation is 1. The zero-order valence-electron chi connectivity index (χ0n) is 15.5. The summed E-state index contributed by atoms with van der Waals surface area (Å²) in [7, 11) is -5.93. The molecule has 0 aliphatic rings. The summed E-state index contributed by atoms with van der Waals surface area (Å²) in [5.74, 6) is -2.34. The Kier molecular flexibility index (Phi) is 5.66. The molecule has 0 aliphatic carbocycles. The molecule has 2 rings (SSSR count). The fraction of sp³-hybridized carbons (Fsp3) is 0.389. The van der Waals surface area contributed by atoms with Crippen LogP contribution in [-0.4, -0.2) is 19.9 Å². The standard InChI is InChI=1S/C18H18F4O5S/c1-5-12-13(19)7-6-10-8-11(27-28(24,25)18(20,21)22)9-14(15(10)12)26-16(23)17(2,3)4/h6-9H,5H2,1-4H3. The molecule has 0 bridgehead atoms. The summed E-state index contributed by atoms with van der Waals surface area (Å²) in [6.07, 6.45) is 0.199. The van der Waals surface area contributed by atoms with Crippen molar-refractivity contribution in [1.82, 2.24) is 0 Å². The molecule has 0 saturated carbocycles. The highest BCUT2D eigenvalue weighted by molar-refractivity contribution is 7.88. The normalized spacial score (nSPS) is 12.9. The fourth-order valence-corrected chi connectivity index (χ4v) is 2.79. The van der Waals surface area contributed by atoms with Gasteiger partial charge in [0.15, 0.2) is 0 Å². The Morgan fingerprint density at radius 2 is 1.71 bits per heavy atom. The van der Waals surface area contributed by atoms with Gasteiger partial charge in [0.1, 0.15) is 17.3 Å². The lowest BCUT2D eigenvalue weighted by Crippen LogP contribution is -2.28. The monoisotopic (exact) mass is 422 g/mol. The number of benzene rings is 2. The first-order valence-corrected chi connectivity index (χ1v) is 9.56. The van der Waals surface area contributed by atoms with Crippen LogP contribution in [0.25, 0.3) is 10.8 Å². The predicted molar refractivity (Wildman–Crippen MR) is 94.0 cm³/mol. The van der Waals surface area contributed by atoms with Crippen LogP contribution in [0.3, 0.4) is 0 Å². The quantitative estimate of drug-likeness (QED) is 0.234. The van der Waals surface area contributed by atoms with Crippen LogP contribution >= 0.6 is 0 Å². The highest BCUT2D eigenvalue weighted by Gasteiger charge is 2.48. The van der Waals surface area contributed by atoms with Crippen LogP contribution < -0.4 is 8.92 Å². The van der Waals surface area contributed by atoms with Crippen LogP contribution in [0.4, 0.5) is 17.6 Å². The third-order valence-corrected chi connectivity index (χ3v) is 4.74. The van der Waals surface area contributed by atoms with E-state index in [1.165, 1.54) is 6.07 Å². The SMILES string of the molecule is CCc1c(F)ccc2cc(OS(=O)(=O)C(F)(F)F)cc(OC(=O)C(C)(C)C)c12. The topological polar surface area (TPSA) is 69.7 Å². The number of ether oxygens (including phenoxy) is 1. The maximum Gasteiger partial charge on any atom is 0.534 e. The van der Waals surface area contributed by atoms with E-state index in [4.69, 9.17) is 4.74 Å². The third-order valence-electron chi connectivity index (χ3n) is 3.76. The molecule has 0 saturated heterocycles. The Hall–Kier alpha value is -2.36. The number of carbonyl (C=O) groups excluding carboxylic acids is 1. The predicted octanol–water partition coefficient (Wildman–Crippen LogP) is 4.72.